The Labute approximate surface area is 203 Å². The molecular weight excluding hydrogens is 452 g/mol. The van der Waals surface area contributed by atoms with Crippen molar-refractivity contribution in [1.29, 1.82) is 0 Å². The second-order valence-corrected chi connectivity index (χ2v) is 9.03. The Morgan fingerprint density at radius 2 is 1.85 bits per heavy atom. The van der Waals surface area contributed by atoms with Gasteiger partial charge in [-0.15, -0.1) is 0 Å². The fraction of sp³-hybridized carbons (Fsp3) is 0.269. The molecule has 1 fully saturated rings. The van der Waals surface area contributed by atoms with E-state index in [9.17, 15) is 14.7 Å². The van der Waals surface area contributed by atoms with Gasteiger partial charge in [-0.25, -0.2) is 4.68 Å². The minimum Gasteiger partial charge on any atom is -0.507 e. The lowest BCUT2D eigenvalue weighted by Crippen LogP contribution is -2.32. The maximum atomic E-state index is 13.2. The number of Topliss-reactive ketones (excluding diaryl/α,β-unsaturated/α-hetero) is 1. The highest BCUT2D eigenvalue weighted by molar-refractivity contribution is 6.46. The number of rotatable bonds is 7. The van der Waals surface area contributed by atoms with Crippen molar-refractivity contribution in [2.75, 3.05) is 27.2 Å². The number of aromatic nitrogens is 2. The number of ketones is 1. The molecule has 1 N–H and O–H groups in total. The first kappa shape index (κ1) is 23.7. The van der Waals surface area contributed by atoms with Crippen LogP contribution in [0.2, 0.25) is 5.02 Å². The van der Waals surface area contributed by atoms with E-state index < -0.39 is 17.7 Å². The van der Waals surface area contributed by atoms with Crippen LogP contribution in [-0.2, 0) is 9.59 Å². The van der Waals surface area contributed by atoms with Crippen LogP contribution in [0.25, 0.3) is 11.4 Å². The highest BCUT2D eigenvalue weighted by Crippen LogP contribution is 2.40. The zero-order valence-electron chi connectivity index (χ0n) is 19.4. The van der Waals surface area contributed by atoms with Gasteiger partial charge in [0.1, 0.15) is 5.76 Å². The maximum absolute atomic E-state index is 13.2. The van der Waals surface area contributed by atoms with Crippen LogP contribution in [0.3, 0.4) is 0 Å². The molecule has 0 unspecified atom stereocenters. The maximum Gasteiger partial charge on any atom is 0.295 e. The number of hydrogen-bond acceptors (Lipinski definition) is 5. The van der Waals surface area contributed by atoms with E-state index in [1.165, 1.54) is 11.1 Å². The smallest absolute Gasteiger partial charge is 0.295 e. The van der Waals surface area contributed by atoms with E-state index in [4.69, 9.17) is 11.6 Å². The van der Waals surface area contributed by atoms with Crippen molar-refractivity contribution < 1.29 is 14.7 Å². The van der Waals surface area contributed by atoms with Gasteiger partial charge in [0, 0.05) is 11.6 Å². The molecular formula is C26H27ClN4O3. The van der Waals surface area contributed by atoms with Crippen molar-refractivity contribution in [3.05, 3.63) is 88.2 Å². The van der Waals surface area contributed by atoms with E-state index in [2.05, 4.69) is 5.10 Å². The van der Waals surface area contributed by atoms with Crippen molar-refractivity contribution in [1.82, 2.24) is 19.6 Å². The summed E-state index contributed by atoms with van der Waals surface area (Å²) < 4.78 is 1.69. The van der Waals surface area contributed by atoms with Crippen LogP contribution in [0.15, 0.2) is 66.4 Å². The zero-order chi connectivity index (χ0) is 24.4. The molecule has 2 heterocycles. The molecule has 0 aliphatic carbocycles. The van der Waals surface area contributed by atoms with Gasteiger partial charge in [0.05, 0.1) is 34.8 Å². The molecule has 1 aromatic heterocycles. The first-order chi connectivity index (χ1) is 16.3. The van der Waals surface area contributed by atoms with E-state index in [1.807, 2.05) is 62.3 Å². The molecule has 3 aromatic rings. The van der Waals surface area contributed by atoms with Crippen LogP contribution in [0.5, 0.6) is 0 Å². The number of aliphatic hydroxyl groups is 1. The lowest BCUT2D eigenvalue weighted by Gasteiger charge is -2.26. The number of para-hydroxylation sites is 1. The van der Waals surface area contributed by atoms with Gasteiger partial charge in [0.15, 0.2) is 0 Å². The van der Waals surface area contributed by atoms with Gasteiger partial charge in [-0.3, -0.25) is 9.59 Å². The molecule has 7 nitrogen and oxygen atoms in total. The summed E-state index contributed by atoms with van der Waals surface area (Å²) in [6.07, 6.45) is 2.20. The summed E-state index contributed by atoms with van der Waals surface area (Å²) in [7, 11) is 3.91. The Morgan fingerprint density at radius 1 is 1.12 bits per heavy atom. The van der Waals surface area contributed by atoms with Gasteiger partial charge in [0.2, 0.25) is 0 Å². The van der Waals surface area contributed by atoms with Crippen LogP contribution in [0.1, 0.15) is 29.3 Å². The highest BCUT2D eigenvalue weighted by Gasteiger charge is 2.46. The lowest BCUT2D eigenvalue weighted by atomic mass is 9.95. The zero-order valence-corrected chi connectivity index (χ0v) is 20.2. The topological polar surface area (TPSA) is 78.7 Å². The molecule has 0 bridgehead atoms. The predicted molar refractivity (Wildman–Crippen MR) is 132 cm³/mol. The molecule has 2 aromatic carbocycles. The van der Waals surface area contributed by atoms with Gasteiger partial charge >= 0.3 is 0 Å². The largest absolute Gasteiger partial charge is 0.507 e. The SMILES string of the molecule is Cc1c(C(O)=C2C(=O)C(=O)N(CCCN(C)C)[C@H]2c2cccc(Cl)c2)cnn1-c1ccccc1. The van der Waals surface area contributed by atoms with Gasteiger partial charge < -0.3 is 14.9 Å². The number of amides is 1. The highest BCUT2D eigenvalue weighted by atomic mass is 35.5. The average Bonchev–Trinajstić information content (AvgIpc) is 3.32. The van der Waals surface area contributed by atoms with E-state index in [0.29, 0.717) is 34.8 Å². The number of nitrogens with zero attached hydrogens (tertiary/aromatic N) is 4. The third-order valence-corrected chi connectivity index (χ3v) is 6.21. The van der Waals surface area contributed by atoms with E-state index in [0.717, 1.165) is 12.2 Å². The standard InChI is InChI=1S/C26H27ClN4O3/c1-17-21(16-28-31(17)20-11-5-4-6-12-20)24(32)22-23(18-9-7-10-19(27)15-18)30(26(34)25(22)33)14-8-13-29(2)3/h4-7,9-12,15-16,23,32H,8,13-14H2,1-3H3/t23-/m0/s1. The van der Waals surface area contributed by atoms with Crippen LogP contribution < -0.4 is 0 Å². The minimum absolute atomic E-state index is 0.0489. The fourth-order valence-electron chi connectivity index (χ4n) is 4.31. The van der Waals surface area contributed by atoms with Crippen molar-refractivity contribution in [2.45, 2.75) is 19.4 Å². The van der Waals surface area contributed by atoms with Crippen molar-refractivity contribution in [3.63, 3.8) is 0 Å². The molecule has 1 amide bonds. The number of benzene rings is 2. The van der Waals surface area contributed by atoms with E-state index >= 15 is 0 Å². The van der Waals surface area contributed by atoms with Crippen molar-refractivity contribution >= 4 is 29.1 Å². The Kier molecular flexibility index (Phi) is 6.86. The quantitative estimate of drug-likeness (QED) is 0.312. The molecule has 176 valence electrons. The number of aliphatic hydroxyl groups excluding tert-OH is 1. The third kappa shape index (κ3) is 4.49. The molecule has 8 heteroatoms. The Bertz CT molecular complexity index is 1250. The number of halogens is 1. The molecule has 4 rings (SSSR count). The summed E-state index contributed by atoms with van der Waals surface area (Å²) >= 11 is 6.24. The molecule has 0 saturated carbocycles. The minimum atomic E-state index is -0.736. The van der Waals surface area contributed by atoms with Crippen molar-refractivity contribution in [3.8, 4) is 5.69 Å². The molecule has 1 atom stereocenters. The summed E-state index contributed by atoms with van der Waals surface area (Å²) in [6, 6.07) is 15.8. The van der Waals surface area contributed by atoms with Crippen LogP contribution in [-0.4, -0.2) is 63.6 Å². The van der Waals surface area contributed by atoms with Gasteiger partial charge in [-0.2, -0.15) is 5.10 Å². The molecule has 1 aliphatic rings. The summed E-state index contributed by atoms with van der Waals surface area (Å²) in [5, 5.41) is 16.3. The molecule has 1 aliphatic heterocycles. The summed E-state index contributed by atoms with van der Waals surface area (Å²) in [6.45, 7) is 2.95. The van der Waals surface area contributed by atoms with Crippen LogP contribution >= 0.6 is 11.6 Å². The first-order valence-corrected chi connectivity index (χ1v) is 11.5. The molecule has 0 spiro atoms. The number of hydrogen-bond donors (Lipinski definition) is 1. The number of carbonyl (C=O) groups is 2. The summed E-state index contributed by atoms with van der Waals surface area (Å²) in [5.74, 6) is -1.57. The average molecular weight is 479 g/mol. The first-order valence-electron chi connectivity index (χ1n) is 11.1. The van der Waals surface area contributed by atoms with Gasteiger partial charge in [0.25, 0.3) is 11.7 Å². The normalized spacial score (nSPS) is 17.7. The van der Waals surface area contributed by atoms with Crippen molar-refractivity contribution in [2.24, 2.45) is 0 Å². The second-order valence-electron chi connectivity index (χ2n) is 8.60. The number of likely N-dealkylation sites (tertiary alicyclic amines) is 1. The second kappa shape index (κ2) is 9.83. The third-order valence-electron chi connectivity index (χ3n) is 5.97. The fourth-order valence-corrected chi connectivity index (χ4v) is 4.51. The Balaban J connectivity index is 1.81. The summed E-state index contributed by atoms with van der Waals surface area (Å²) in [5.41, 5.74) is 2.61. The van der Waals surface area contributed by atoms with Crippen LogP contribution in [0, 0.1) is 6.92 Å². The Morgan fingerprint density at radius 3 is 2.53 bits per heavy atom. The monoisotopic (exact) mass is 478 g/mol. The molecule has 1 saturated heterocycles. The number of carbonyl (C=O) groups excluding carboxylic acids is 2. The lowest BCUT2D eigenvalue weighted by molar-refractivity contribution is -0.139. The Hall–Kier alpha value is -3.42. The summed E-state index contributed by atoms with van der Waals surface area (Å²) in [4.78, 5) is 29.8. The van der Waals surface area contributed by atoms with Gasteiger partial charge in [-0.05, 0) is 63.8 Å². The predicted octanol–water partition coefficient (Wildman–Crippen LogP) is 4.21. The van der Waals surface area contributed by atoms with Crippen LogP contribution in [0.4, 0.5) is 0 Å². The van der Waals surface area contributed by atoms with E-state index in [-0.39, 0.29) is 11.3 Å². The molecule has 0 radical (unpaired) electrons. The van der Waals surface area contributed by atoms with Gasteiger partial charge in [-0.1, -0.05) is 41.9 Å². The molecule has 34 heavy (non-hydrogen) atoms. The van der Waals surface area contributed by atoms with E-state index in [1.54, 1.807) is 22.9 Å².